The zero-order chi connectivity index (χ0) is 27.7. The van der Waals surface area contributed by atoms with Crippen molar-refractivity contribution in [2.45, 2.75) is 89.8 Å². The molecule has 2 N–H and O–H groups in total. The van der Waals surface area contributed by atoms with Gasteiger partial charge in [0.1, 0.15) is 23.7 Å². The SMILES string of the molecule is C[C@@H]1CC[C@@H]2[C@@H](O1)c1cc(C(=O)N(CC(=O)O)Cc3cccc(F)c3)ccc1O[C@@]2(C)CCCC(C)(C)O. The monoisotopic (exact) mass is 527 g/mol. The van der Waals surface area contributed by atoms with E-state index in [1.54, 1.807) is 38.1 Å². The highest BCUT2D eigenvalue weighted by Gasteiger charge is 2.49. The zero-order valence-electron chi connectivity index (χ0n) is 22.6. The molecular weight excluding hydrogens is 489 g/mol. The number of hydrogen-bond acceptors (Lipinski definition) is 5. The van der Waals surface area contributed by atoms with Crippen LogP contribution in [0.4, 0.5) is 4.39 Å². The number of nitrogens with zero attached hydrogens (tertiary/aromatic N) is 1. The van der Waals surface area contributed by atoms with E-state index in [2.05, 4.69) is 6.92 Å². The maximum atomic E-state index is 13.7. The first kappa shape index (κ1) is 28.0. The molecule has 0 aliphatic carbocycles. The molecule has 0 unspecified atom stereocenters. The fourth-order valence-corrected chi connectivity index (χ4v) is 5.73. The van der Waals surface area contributed by atoms with Crippen molar-refractivity contribution < 1.29 is 33.7 Å². The number of fused-ring (bicyclic) bond motifs is 3. The van der Waals surface area contributed by atoms with Crippen LogP contribution in [0.3, 0.4) is 0 Å². The summed E-state index contributed by atoms with van der Waals surface area (Å²) in [6.45, 7) is 7.21. The van der Waals surface area contributed by atoms with Crippen LogP contribution in [0.25, 0.3) is 0 Å². The van der Waals surface area contributed by atoms with Gasteiger partial charge in [-0.3, -0.25) is 9.59 Å². The summed E-state index contributed by atoms with van der Waals surface area (Å²) in [5.41, 5.74) is 0.390. The smallest absolute Gasteiger partial charge is 0.323 e. The Morgan fingerprint density at radius 1 is 1.18 bits per heavy atom. The molecule has 0 radical (unpaired) electrons. The Hall–Kier alpha value is -2.97. The average molecular weight is 528 g/mol. The Bertz CT molecular complexity index is 1180. The van der Waals surface area contributed by atoms with E-state index in [0.29, 0.717) is 23.3 Å². The summed E-state index contributed by atoms with van der Waals surface area (Å²) in [4.78, 5) is 26.3. The highest BCUT2D eigenvalue weighted by atomic mass is 19.1. The van der Waals surface area contributed by atoms with Crippen LogP contribution in [-0.4, -0.2) is 50.8 Å². The number of hydrogen-bond donors (Lipinski definition) is 2. The summed E-state index contributed by atoms with van der Waals surface area (Å²) in [7, 11) is 0. The van der Waals surface area contributed by atoms with Crippen molar-refractivity contribution in [3.05, 3.63) is 65.0 Å². The third kappa shape index (κ3) is 6.53. The van der Waals surface area contributed by atoms with Crippen LogP contribution in [0.2, 0.25) is 0 Å². The van der Waals surface area contributed by atoms with Gasteiger partial charge < -0.3 is 24.6 Å². The van der Waals surface area contributed by atoms with Gasteiger partial charge in [0.15, 0.2) is 0 Å². The van der Waals surface area contributed by atoms with Crippen LogP contribution < -0.4 is 4.74 Å². The van der Waals surface area contributed by atoms with Crippen molar-refractivity contribution in [1.82, 2.24) is 4.90 Å². The van der Waals surface area contributed by atoms with Gasteiger partial charge >= 0.3 is 5.97 Å². The summed E-state index contributed by atoms with van der Waals surface area (Å²) < 4.78 is 26.7. The van der Waals surface area contributed by atoms with E-state index < -0.39 is 35.4 Å². The first-order valence-corrected chi connectivity index (χ1v) is 13.3. The van der Waals surface area contributed by atoms with Crippen molar-refractivity contribution in [3.63, 3.8) is 0 Å². The van der Waals surface area contributed by atoms with Crippen molar-refractivity contribution in [1.29, 1.82) is 0 Å². The maximum absolute atomic E-state index is 13.7. The van der Waals surface area contributed by atoms with Gasteiger partial charge in [0, 0.05) is 23.6 Å². The molecule has 0 aromatic heterocycles. The molecule has 0 bridgehead atoms. The molecule has 2 aromatic rings. The van der Waals surface area contributed by atoms with Gasteiger partial charge in [0.25, 0.3) is 5.91 Å². The van der Waals surface area contributed by atoms with E-state index in [4.69, 9.17) is 9.47 Å². The van der Waals surface area contributed by atoms with E-state index in [1.165, 1.54) is 23.1 Å². The van der Waals surface area contributed by atoms with Crippen LogP contribution >= 0.6 is 0 Å². The number of aliphatic carboxylic acids is 1. The highest BCUT2D eigenvalue weighted by Crippen LogP contribution is 2.52. The van der Waals surface area contributed by atoms with Crippen molar-refractivity contribution >= 4 is 11.9 Å². The number of carboxylic acid groups (broad SMARTS) is 1. The van der Waals surface area contributed by atoms with Crippen molar-refractivity contribution in [2.75, 3.05) is 6.54 Å². The molecule has 206 valence electrons. The third-order valence-electron chi connectivity index (χ3n) is 7.66. The van der Waals surface area contributed by atoms with E-state index in [-0.39, 0.29) is 24.7 Å². The lowest BCUT2D eigenvalue weighted by Crippen LogP contribution is -2.50. The number of halogens is 1. The van der Waals surface area contributed by atoms with E-state index >= 15 is 0 Å². The number of aliphatic hydroxyl groups is 1. The van der Waals surface area contributed by atoms with Gasteiger partial charge in [-0.05, 0) is 95.7 Å². The third-order valence-corrected chi connectivity index (χ3v) is 7.66. The Morgan fingerprint density at radius 2 is 1.95 bits per heavy atom. The summed E-state index contributed by atoms with van der Waals surface area (Å²) in [5, 5.41) is 19.6. The van der Waals surface area contributed by atoms with Crippen LogP contribution in [0, 0.1) is 11.7 Å². The second kappa shape index (κ2) is 11.0. The Kier molecular flexibility index (Phi) is 8.14. The number of carboxylic acids is 1. The van der Waals surface area contributed by atoms with Gasteiger partial charge in [0.05, 0.1) is 17.8 Å². The number of ether oxygens (including phenoxy) is 2. The first-order valence-electron chi connectivity index (χ1n) is 13.3. The zero-order valence-corrected chi connectivity index (χ0v) is 22.6. The second-order valence-corrected chi connectivity index (χ2v) is 11.6. The molecule has 8 heteroatoms. The standard InChI is InChI=1S/C30H38FNO6/c1-19-9-11-24-27(37-19)23-16-21(10-12-25(23)38-30(24,4)14-6-13-29(2,3)36)28(35)32(18-26(33)34)17-20-7-5-8-22(31)15-20/h5,7-8,10,12,15-16,19,24,27,36H,6,9,11,13-14,17-18H2,1-4H3,(H,33,34)/t19-,24-,27+,30+/m1/s1. The summed E-state index contributed by atoms with van der Waals surface area (Å²) in [6, 6.07) is 10.9. The van der Waals surface area contributed by atoms with E-state index in [0.717, 1.165) is 31.2 Å². The minimum absolute atomic E-state index is 0.0324. The number of carbonyl (C=O) groups is 2. The molecule has 2 heterocycles. The fraction of sp³-hybridized carbons (Fsp3) is 0.533. The molecule has 4 rings (SSSR count). The molecular formula is C30H38FNO6. The average Bonchev–Trinajstić information content (AvgIpc) is 2.82. The maximum Gasteiger partial charge on any atom is 0.323 e. The summed E-state index contributed by atoms with van der Waals surface area (Å²) in [6.07, 6.45) is 3.82. The van der Waals surface area contributed by atoms with Gasteiger partial charge in [-0.1, -0.05) is 12.1 Å². The van der Waals surface area contributed by atoms with Crippen LogP contribution in [-0.2, 0) is 16.1 Å². The normalized spacial score (nSPS) is 24.6. The van der Waals surface area contributed by atoms with Gasteiger partial charge in [-0.15, -0.1) is 0 Å². The van der Waals surface area contributed by atoms with Crippen molar-refractivity contribution in [2.24, 2.45) is 5.92 Å². The second-order valence-electron chi connectivity index (χ2n) is 11.6. The largest absolute Gasteiger partial charge is 0.487 e. The molecule has 4 atom stereocenters. The highest BCUT2D eigenvalue weighted by molar-refractivity contribution is 5.96. The van der Waals surface area contributed by atoms with Gasteiger partial charge in [-0.25, -0.2) is 4.39 Å². The van der Waals surface area contributed by atoms with Gasteiger partial charge in [0.2, 0.25) is 0 Å². The first-order chi connectivity index (χ1) is 17.8. The number of carbonyl (C=O) groups excluding carboxylic acids is 1. The van der Waals surface area contributed by atoms with E-state index in [9.17, 15) is 24.2 Å². The van der Waals surface area contributed by atoms with E-state index in [1.807, 2.05) is 6.92 Å². The minimum atomic E-state index is -1.15. The number of benzene rings is 2. The molecule has 1 amide bonds. The lowest BCUT2D eigenvalue weighted by atomic mass is 9.72. The number of amides is 1. The molecule has 2 aliphatic rings. The van der Waals surface area contributed by atoms with Crippen molar-refractivity contribution in [3.8, 4) is 5.75 Å². The predicted octanol–water partition coefficient (Wildman–Crippen LogP) is 5.50. The lowest BCUT2D eigenvalue weighted by Gasteiger charge is -2.50. The molecule has 2 aromatic carbocycles. The Labute approximate surface area is 223 Å². The van der Waals surface area contributed by atoms with Gasteiger partial charge in [-0.2, -0.15) is 0 Å². The topological polar surface area (TPSA) is 96.3 Å². The van der Waals surface area contributed by atoms with Crippen LogP contribution in [0.1, 0.15) is 87.4 Å². The summed E-state index contributed by atoms with van der Waals surface area (Å²) in [5.74, 6) is -1.34. The van der Waals surface area contributed by atoms with Crippen LogP contribution in [0.15, 0.2) is 42.5 Å². The number of rotatable bonds is 9. The molecule has 0 spiro atoms. The minimum Gasteiger partial charge on any atom is -0.487 e. The lowest BCUT2D eigenvalue weighted by molar-refractivity contribution is -0.153. The molecule has 1 saturated heterocycles. The summed E-state index contributed by atoms with van der Waals surface area (Å²) >= 11 is 0. The quantitative estimate of drug-likeness (QED) is 0.447. The molecule has 38 heavy (non-hydrogen) atoms. The molecule has 1 fully saturated rings. The molecule has 0 saturated carbocycles. The predicted molar refractivity (Wildman–Crippen MR) is 140 cm³/mol. The fourth-order valence-electron chi connectivity index (χ4n) is 5.73. The Morgan fingerprint density at radius 3 is 2.63 bits per heavy atom. The molecule has 2 aliphatic heterocycles. The molecule has 7 nitrogen and oxygen atoms in total. The van der Waals surface area contributed by atoms with Crippen LogP contribution in [0.5, 0.6) is 5.75 Å². The Balaban J connectivity index is 1.62.